The summed E-state index contributed by atoms with van der Waals surface area (Å²) in [5.74, 6) is 0.627. The van der Waals surface area contributed by atoms with Gasteiger partial charge in [0.05, 0.1) is 30.1 Å². The van der Waals surface area contributed by atoms with Gasteiger partial charge in [-0.1, -0.05) is 5.16 Å². The number of carbonyl (C=O) groups is 1. The number of nitrogen functional groups attached to an aromatic ring is 1. The van der Waals surface area contributed by atoms with Crippen LogP contribution < -0.4 is 11.1 Å². The van der Waals surface area contributed by atoms with E-state index in [0.717, 1.165) is 0 Å². The molecule has 3 N–H and O–H groups in total. The zero-order chi connectivity index (χ0) is 14.5. The number of esters is 1. The number of anilines is 2. The van der Waals surface area contributed by atoms with Crippen molar-refractivity contribution in [3.05, 3.63) is 35.5 Å². The van der Waals surface area contributed by atoms with Crippen LogP contribution in [0.4, 0.5) is 11.4 Å². The molecule has 106 valence electrons. The molecule has 0 amide bonds. The lowest BCUT2D eigenvalue weighted by atomic mass is 10.1. The average Bonchev–Trinajstić information content (AvgIpc) is 2.84. The molecule has 0 bridgehead atoms. The number of hydrogen-bond donors (Lipinski definition) is 2. The highest BCUT2D eigenvalue weighted by molar-refractivity contribution is 5.92. The van der Waals surface area contributed by atoms with Gasteiger partial charge in [-0.2, -0.15) is 4.98 Å². The van der Waals surface area contributed by atoms with Crippen molar-refractivity contribution in [1.29, 1.82) is 0 Å². The van der Waals surface area contributed by atoms with Crippen LogP contribution in [-0.2, 0) is 11.3 Å². The van der Waals surface area contributed by atoms with Crippen molar-refractivity contribution < 1.29 is 14.1 Å². The van der Waals surface area contributed by atoms with Gasteiger partial charge >= 0.3 is 5.97 Å². The lowest BCUT2D eigenvalue weighted by Crippen LogP contribution is -2.08. The Balaban J connectivity index is 2.10. The number of benzene rings is 1. The highest BCUT2D eigenvalue weighted by Crippen LogP contribution is 2.21. The number of nitrogens with two attached hydrogens (primary N) is 1. The molecule has 1 aromatic heterocycles. The van der Waals surface area contributed by atoms with Crippen LogP contribution in [0.25, 0.3) is 0 Å². The predicted octanol–water partition coefficient (Wildman–Crippen LogP) is 1.75. The lowest BCUT2D eigenvalue weighted by Gasteiger charge is -2.09. The molecule has 1 heterocycles. The number of aromatic nitrogens is 2. The third kappa shape index (κ3) is 3.25. The molecule has 0 saturated heterocycles. The number of nitrogens with one attached hydrogen (secondary N) is 1. The molecular weight excluding hydrogens is 260 g/mol. The van der Waals surface area contributed by atoms with E-state index in [4.69, 9.17) is 15.0 Å². The summed E-state index contributed by atoms with van der Waals surface area (Å²) in [5.41, 5.74) is 7.43. The van der Waals surface area contributed by atoms with E-state index in [9.17, 15) is 4.79 Å². The second kappa shape index (κ2) is 6.05. The van der Waals surface area contributed by atoms with Crippen molar-refractivity contribution in [1.82, 2.24) is 10.1 Å². The number of rotatable bonds is 5. The van der Waals surface area contributed by atoms with E-state index >= 15 is 0 Å². The van der Waals surface area contributed by atoms with Crippen molar-refractivity contribution in [3.63, 3.8) is 0 Å². The first-order chi connectivity index (χ1) is 9.60. The molecule has 7 nitrogen and oxygen atoms in total. The van der Waals surface area contributed by atoms with Gasteiger partial charge in [0.25, 0.3) is 0 Å². The Morgan fingerprint density at radius 2 is 2.30 bits per heavy atom. The van der Waals surface area contributed by atoms with Crippen LogP contribution in [0.5, 0.6) is 0 Å². The minimum absolute atomic E-state index is 0.327. The third-order valence-electron chi connectivity index (χ3n) is 2.56. The molecular formula is C13H16N4O3. The third-order valence-corrected chi connectivity index (χ3v) is 2.56. The molecule has 0 aliphatic heterocycles. The van der Waals surface area contributed by atoms with Crippen LogP contribution in [0.1, 0.15) is 29.0 Å². The fourth-order valence-electron chi connectivity index (χ4n) is 1.63. The van der Waals surface area contributed by atoms with Gasteiger partial charge < -0.3 is 20.3 Å². The smallest absolute Gasteiger partial charge is 0.338 e. The molecule has 20 heavy (non-hydrogen) atoms. The summed E-state index contributed by atoms with van der Waals surface area (Å²) < 4.78 is 9.93. The first kappa shape index (κ1) is 13.9. The SMILES string of the molecule is CCOC(=O)c1ccc(N)c(NCc2nc(C)no2)c1. The van der Waals surface area contributed by atoms with E-state index in [0.29, 0.717) is 41.8 Å². The van der Waals surface area contributed by atoms with Gasteiger partial charge in [-0.25, -0.2) is 4.79 Å². The number of hydrogen-bond acceptors (Lipinski definition) is 7. The fraction of sp³-hybridized carbons (Fsp3) is 0.308. The largest absolute Gasteiger partial charge is 0.462 e. The second-order valence-corrected chi connectivity index (χ2v) is 4.11. The van der Waals surface area contributed by atoms with E-state index in [1.165, 1.54) is 0 Å². The van der Waals surface area contributed by atoms with Crippen LogP contribution in [0.2, 0.25) is 0 Å². The minimum atomic E-state index is -0.385. The zero-order valence-electron chi connectivity index (χ0n) is 11.3. The van der Waals surface area contributed by atoms with Crippen molar-refractivity contribution in [2.24, 2.45) is 0 Å². The Labute approximate surface area is 116 Å². The average molecular weight is 276 g/mol. The standard InChI is InChI=1S/C13H16N4O3/c1-3-19-13(18)9-4-5-10(14)11(6-9)15-7-12-16-8(2)17-20-12/h4-6,15H,3,7,14H2,1-2H3. The van der Waals surface area contributed by atoms with E-state index in [2.05, 4.69) is 15.5 Å². The predicted molar refractivity (Wildman–Crippen MR) is 73.2 cm³/mol. The second-order valence-electron chi connectivity index (χ2n) is 4.11. The zero-order valence-corrected chi connectivity index (χ0v) is 11.3. The summed E-state index contributed by atoms with van der Waals surface area (Å²) in [7, 11) is 0. The summed E-state index contributed by atoms with van der Waals surface area (Å²) in [4.78, 5) is 15.7. The molecule has 0 unspecified atom stereocenters. The molecule has 2 rings (SSSR count). The molecule has 2 aromatic rings. The highest BCUT2D eigenvalue weighted by atomic mass is 16.5. The van der Waals surface area contributed by atoms with Gasteiger partial charge in [-0.15, -0.1) is 0 Å². The molecule has 0 radical (unpaired) electrons. The Morgan fingerprint density at radius 3 is 2.95 bits per heavy atom. The number of ether oxygens (including phenoxy) is 1. The van der Waals surface area contributed by atoms with E-state index < -0.39 is 0 Å². The minimum Gasteiger partial charge on any atom is -0.462 e. The van der Waals surface area contributed by atoms with Crippen LogP contribution in [0.3, 0.4) is 0 Å². The van der Waals surface area contributed by atoms with Gasteiger partial charge in [0.2, 0.25) is 5.89 Å². The lowest BCUT2D eigenvalue weighted by molar-refractivity contribution is 0.0526. The summed E-state index contributed by atoms with van der Waals surface area (Å²) in [6.45, 7) is 4.15. The van der Waals surface area contributed by atoms with Gasteiger partial charge in [-0.05, 0) is 32.0 Å². The Morgan fingerprint density at radius 1 is 1.50 bits per heavy atom. The Bertz CT molecular complexity index is 609. The maximum Gasteiger partial charge on any atom is 0.338 e. The molecule has 0 aliphatic rings. The molecule has 0 aliphatic carbocycles. The molecule has 7 heteroatoms. The van der Waals surface area contributed by atoms with Gasteiger partial charge in [0.1, 0.15) is 0 Å². The number of nitrogens with zero attached hydrogens (tertiary/aromatic N) is 2. The molecule has 0 fully saturated rings. The van der Waals surface area contributed by atoms with Crippen LogP contribution in [0, 0.1) is 6.92 Å². The first-order valence-corrected chi connectivity index (χ1v) is 6.20. The quantitative estimate of drug-likeness (QED) is 0.633. The molecule has 0 saturated carbocycles. The Hall–Kier alpha value is -2.57. The van der Waals surface area contributed by atoms with Crippen molar-refractivity contribution in [2.75, 3.05) is 17.7 Å². The van der Waals surface area contributed by atoms with E-state index in [-0.39, 0.29) is 5.97 Å². The summed E-state index contributed by atoms with van der Waals surface area (Å²) in [6.07, 6.45) is 0. The summed E-state index contributed by atoms with van der Waals surface area (Å²) in [6, 6.07) is 4.90. The molecule has 0 spiro atoms. The number of carbonyl (C=O) groups excluding carboxylic acids is 1. The van der Waals surface area contributed by atoms with Crippen molar-refractivity contribution in [2.45, 2.75) is 20.4 Å². The van der Waals surface area contributed by atoms with Gasteiger partial charge in [0.15, 0.2) is 5.82 Å². The normalized spacial score (nSPS) is 10.3. The van der Waals surface area contributed by atoms with Gasteiger partial charge in [-0.3, -0.25) is 0 Å². The van der Waals surface area contributed by atoms with Crippen LogP contribution in [0.15, 0.2) is 22.7 Å². The Kier molecular flexibility index (Phi) is 4.19. The van der Waals surface area contributed by atoms with Crippen molar-refractivity contribution in [3.8, 4) is 0 Å². The van der Waals surface area contributed by atoms with Crippen molar-refractivity contribution >= 4 is 17.3 Å². The topological polar surface area (TPSA) is 103 Å². The highest BCUT2D eigenvalue weighted by Gasteiger charge is 2.10. The van der Waals surface area contributed by atoms with Crippen LogP contribution in [-0.4, -0.2) is 22.7 Å². The monoisotopic (exact) mass is 276 g/mol. The molecule has 1 aromatic carbocycles. The van der Waals surface area contributed by atoms with E-state index in [1.54, 1.807) is 32.0 Å². The first-order valence-electron chi connectivity index (χ1n) is 6.20. The summed E-state index contributed by atoms with van der Waals surface area (Å²) >= 11 is 0. The maximum atomic E-state index is 11.7. The molecule has 0 atom stereocenters. The maximum absolute atomic E-state index is 11.7. The van der Waals surface area contributed by atoms with E-state index in [1.807, 2.05) is 0 Å². The fourth-order valence-corrected chi connectivity index (χ4v) is 1.63. The number of aryl methyl sites for hydroxylation is 1. The van der Waals surface area contributed by atoms with Crippen LogP contribution >= 0.6 is 0 Å². The summed E-state index contributed by atoms with van der Waals surface area (Å²) in [5, 5.41) is 6.74. The van der Waals surface area contributed by atoms with Gasteiger partial charge in [0, 0.05) is 0 Å².